The van der Waals surface area contributed by atoms with Gasteiger partial charge in [0.1, 0.15) is 17.6 Å². The summed E-state index contributed by atoms with van der Waals surface area (Å²) in [5.41, 5.74) is -2.51. The first kappa shape index (κ1) is 30.4. The molecule has 0 aromatic heterocycles. The molecule has 0 radical (unpaired) electrons. The Hall–Kier alpha value is -2.19. The summed E-state index contributed by atoms with van der Waals surface area (Å²) in [5.74, 6) is -2.42. The summed E-state index contributed by atoms with van der Waals surface area (Å²) in [5, 5.41) is 9.39. The van der Waals surface area contributed by atoms with Crippen LogP contribution in [-0.2, 0) is 23.9 Å². The molecule has 3 aliphatic heterocycles. The van der Waals surface area contributed by atoms with Gasteiger partial charge in [-0.05, 0) is 64.7 Å². The van der Waals surface area contributed by atoms with E-state index in [2.05, 4.69) is 47.8 Å². The molecule has 3 aliphatic rings. The standard InChI is InChI=1S/C30H48N2O6/c1-9-11-19-37-26(36)22-21-24(34)31(17-12-13-18-33)23(30(21)15-14-29(22,8)38-30)25(35)32(16-10-2)28(6,7)20-27(3,4)5/h9-10,21-23,33H,1-2,11-20H2,3-8H3/t21-,22-,23?,29+,30?/m0/s1. The van der Waals surface area contributed by atoms with Crippen LogP contribution in [0.2, 0.25) is 0 Å². The number of hydrogen-bond donors (Lipinski definition) is 1. The maximum Gasteiger partial charge on any atom is 0.312 e. The highest BCUT2D eigenvalue weighted by Gasteiger charge is 2.78. The van der Waals surface area contributed by atoms with E-state index in [1.807, 2.05) is 11.8 Å². The maximum absolute atomic E-state index is 14.6. The van der Waals surface area contributed by atoms with E-state index >= 15 is 0 Å². The molecule has 0 saturated carbocycles. The van der Waals surface area contributed by atoms with Gasteiger partial charge in [-0.2, -0.15) is 0 Å². The van der Waals surface area contributed by atoms with Gasteiger partial charge in [-0.25, -0.2) is 0 Å². The van der Waals surface area contributed by atoms with Crippen molar-refractivity contribution in [3.63, 3.8) is 0 Å². The van der Waals surface area contributed by atoms with Crippen LogP contribution in [0, 0.1) is 17.3 Å². The smallest absolute Gasteiger partial charge is 0.312 e. The van der Waals surface area contributed by atoms with Crippen molar-refractivity contribution in [1.82, 2.24) is 9.80 Å². The van der Waals surface area contributed by atoms with Crippen molar-refractivity contribution in [1.29, 1.82) is 0 Å². The molecule has 214 valence electrons. The Balaban J connectivity index is 2.05. The van der Waals surface area contributed by atoms with Crippen molar-refractivity contribution >= 4 is 17.8 Å². The fourth-order valence-corrected chi connectivity index (χ4v) is 7.34. The van der Waals surface area contributed by atoms with E-state index in [9.17, 15) is 19.5 Å². The first-order valence-electron chi connectivity index (χ1n) is 14.0. The summed E-state index contributed by atoms with van der Waals surface area (Å²) in [6, 6.07) is -0.856. The van der Waals surface area contributed by atoms with Crippen LogP contribution in [0.4, 0.5) is 0 Å². The summed E-state index contributed by atoms with van der Waals surface area (Å²) >= 11 is 0. The van der Waals surface area contributed by atoms with Gasteiger partial charge in [0.05, 0.1) is 18.1 Å². The van der Waals surface area contributed by atoms with Crippen LogP contribution in [0.1, 0.15) is 80.1 Å². The lowest BCUT2D eigenvalue weighted by Crippen LogP contribution is -2.61. The molecule has 5 atom stereocenters. The molecule has 1 spiro atoms. The third kappa shape index (κ3) is 5.44. The van der Waals surface area contributed by atoms with Gasteiger partial charge in [0.15, 0.2) is 0 Å². The fourth-order valence-electron chi connectivity index (χ4n) is 7.34. The predicted octanol–water partition coefficient (Wildman–Crippen LogP) is 3.87. The minimum absolute atomic E-state index is 0.00322. The average Bonchev–Trinajstić information content (AvgIpc) is 3.36. The van der Waals surface area contributed by atoms with Crippen molar-refractivity contribution < 1.29 is 29.0 Å². The lowest BCUT2D eigenvalue weighted by atomic mass is 9.66. The van der Waals surface area contributed by atoms with E-state index < -0.39 is 40.6 Å². The van der Waals surface area contributed by atoms with Crippen LogP contribution in [0.3, 0.4) is 0 Å². The summed E-state index contributed by atoms with van der Waals surface area (Å²) in [6.45, 7) is 20.8. The Labute approximate surface area is 228 Å². The van der Waals surface area contributed by atoms with E-state index in [0.29, 0.717) is 45.2 Å². The Morgan fingerprint density at radius 2 is 1.87 bits per heavy atom. The van der Waals surface area contributed by atoms with Gasteiger partial charge < -0.3 is 24.4 Å². The highest BCUT2D eigenvalue weighted by molar-refractivity contribution is 5.98. The van der Waals surface area contributed by atoms with Crippen molar-refractivity contribution in [2.75, 3.05) is 26.3 Å². The second-order valence-corrected chi connectivity index (χ2v) is 13.2. The molecule has 0 aliphatic carbocycles. The van der Waals surface area contributed by atoms with Crippen LogP contribution in [-0.4, -0.2) is 81.8 Å². The van der Waals surface area contributed by atoms with Gasteiger partial charge >= 0.3 is 5.97 Å². The summed E-state index contributed by atoms with van der Waals surface area (Å²) in [7, 11) is 0. The lowest BCUT2D eigenvalue weighted by molar-refractivity contribution is -0.161. The number of carbonyl (C=O) groups is 3. The summed E-state index contributed by atoms with van der Waals surface area (Å²) in [6.07, 6.45) is 6.82. The normalized spacial score (nSPS) is 30.3. The third-order valence-corrected chi connectivity index (χ3v) is 8.41. The highest BCUT2D eigenvalue weighted by atomic mass is 16.6. The van der Waals surface area contributed by atoms with E-state index in [1.165, 1.54) is 0 Å². The Bertz CT molecular complexity index is 940. The summed E-state index contributed by atoms with van der Waals surface area (Å²) in [4.78, 5) is 45.5. The molecule has 3 fully saturated rings. The van der Waals surface area contributed by atoms with Crippen LogP contribution >= 0.6 is 0 Å². The van der Waals surface area contributed by atoms with Crippen LogP contribution < -0.4 is 0 Å². The second kappa shape index (κ2) is 11.1. The van der Waals surface area contributed by atoms with Gasteiger partial charge in [-0.1, -0.05) is 32.9 Å². The number of carbonyl (C=O) groups excluding carboxylic acids is 3. The van der Waals surface area contributed by atoms with Gasteiger partial charge in [0.25, 0.3) is 0 Å². The topological polar surface area (TPSA) is 96.4 Å². The molecular formula is C30H48N2O6. The molecule has 8 nitrogen and oxygen atoms in total. The number of unbranched alkanes of at least 4 members (excludes halogenated alkanes) is 1. The zero-order chi connectivity index (χ0) is 28.5. The number of aliphatic hydroxyl groups is 1. The predicted molar refractivity (Wildman–Crippen MR) is 146 cm³/mol. The number of likely N-dealkylation sites (tertiary alicyclic amines) is 1. The lowest BCUT2D eigenvalue weighted by Gasteiger charge is -2.45. The van der Waals surface area contributed by atoms with Crippen LogP contribution in [0.5, 0.6) is 0 Å². The Kier molecular flexibility index (Phi) is 8.89. The molecule has 3 rings (SSSR count). The van der Waals surface area contributed by atoms with E-state index in [0.717, 1.165) is 6.42 Å². The number of nitrogens with zero attached hydrogens (tertiary/aromatic N) is 2. The molecular weight excluding hydrogens is 484 g/mol. The molecule has 0 aromatic rings. The average molecular weight is 533 g/mol. The number of ether oxygens (including phenoxy) is 2. The van der Waals surface area contributed by atoms with Crippen LogP contribution in [0.25, 0.3) is 0 Å². The van der Waals surface area contributed by atoms with Crippen molar-refractivity contribution in [3.8, 4) is 0 Å². The minimum Gasteiger partial charge on any atom is -0.465 e. The van der Waals surface area contributed by atoms with E-state index in [4.69, 9.17) is 9.47 Å². The minimum atomic E-state index is -1.10. The number of esters is 1. The van der Waals surface area contributed by atoms with Crippen molar-refractivity contribution in [2.24, 2.45) is 17.3 Å². The fraction of sp³-hybridized carbons (Fsp3) is 0.767. The first-order chi connectivity index (χ1) is 17.7. The molecule has 2 bridgehead atoms. The molecule has 8 heteroatoms. The Morgan fingerprint density at radius 1 is 1.18 bits per heavy atom. The highest BCUT2D eigenvalue weighted by Crippen LogP contribution is 2.63. The Morgan fingerprint density at radius 3 is 2.45 bits per heavy atom. The molecule has 38 heavy (non-hydrogen) atoms. The van der Waals surface area contributed by atoms with E-state index in [1.54, 1.807) is 17.1 Å². The van der Waals surface area contributed by atoms with Crippen LogP contribution in [0.15, 0.2) is 25.3 Å². The number of hydrogen-bond acceptors (Lipinski definition) is 6. The number of rotatable bonds is 13. The molecule has 0 aromatic carbocycles. The second-order valence-electron chi connectivity index (χ2n) is 13.2. The largest absolute Gasteiger partial charge is 0.465 e. The number of amides is 2. The van der Waals surface area contributed by atoms with Gasteiger partial charge in [-0.15, -0.1) is 13.2 Å². The SMILES string of the molecule is C=CCCOC(=O)[C@@H]1[C@H]2C(=O)N(CCCCO)C(C(=O)N(CC=C)C(C)(C)CC(C)(C)C)C23CC[C@@]1(C)O3. The molecule has 2 unspecified atom stereocenters. The molecule has 1 N–H and O–H groups in total. The van der Waals surface area contributed by atoms with E-state index in [-0.39, 0.29) is 30.4 Å². The first-order valence-corrected chi connectivity index (χ1v) is 14.0. The number of fused-ring (bicyclic) bond motifs is 1. The molecule has 2 amide bonds. The van der Waals surface area contributed by atoms with Crippen molar-refractivity contribution in [2.45, 2.75) is 103 Å². The quantitative estimate of drug-likeness (QED) is 0.220. The van der Waals surface area contributed by atoms with Crippen molar-refractivity contribution in [3.05, 3.63) is 25.3 Å². The summed E-state index contributed by atoms with van der Waals surface area (Å²) < 4.78 is 12.2. The van der Waals surface area contributed by atoms with Gasteiger partial charge in [-0.3, -0.25) is 14.4 Å². The number of aliphatic hydroxyl groups excluding tert-OH is 1. The maximum atomic E-state index is 14.6. The zero-order valence-electron chi connectivity index (χ0n) is 24.3. The zero-order valence-corrected chi connectivity index (χ0v) is 24.3. The molecule has 3 heterocycles. The van der Waals surface area contributed by atoms with Gasteiger partial charge in [0.2, 0.25) is 11.8 Å². The van der Waals surface area contributed by atoms with Gasteiger partial charge in [0, 0.05) is 25.2 Å². The third-order valence-electron chi connectivity index (χ3n) is 8.41. The monoisotopic (exact) mass is 532 g/mol. The molecule has 3 saturated heterocycles.